The lowest BCUT2D eigenvalue weighted by atomic mass is 10.0. The minimum atomic E-state index is -3.08. The van der Waals surface area contributed by atoms with Gasteiger partial charge in [0.25, 0.3) is 0 Å². The molecule has 1 aromatic carbocycles. The Morgan fingerprint density at radius 3 is 2.56 bits per heavy atom. The third-order valence-corrected chi connectivity index (χ3v) is 5.90. The molecular formula is C16H22ClN3O4S. The summed E-state index contributed by atoms with van der Waals surface area (Å²) in [5, 5.41) is 8.44. The van der Waals surface area contributed by atoms with Crippen LogP contribution < -0.4 is 16.0 Å². The minimum Gasteiger partial charge on any atom is -0.334 e. The van der Waals surface area contributed by atoms with Crippen LogP contribution in [0.1, 0.15) is 20.3 Å². The maximum atomic E-state index is 12.4. The summed E-state index contributed by atoms with van der Waals surface area (Å²) in [5.41, 5.74) is 0.534. The van der Waals surface area contributed by atoms with E-state index in [2.05, 4.69) is 16.0 Å². The number of amides is 3. The molecule has 0 radical (unpaired) electrons. The van der Waals surface area contributed by atoms with E-state index in [4.69, 9.17) is 11.6 Å². The Balaban J connectivity index is 1.95. The molecule has 3 amide bonds. The molecular weight excluding hydrogens is 366 g/mol. The fraction of sp³-hybridized carbons (Fsp3) is 0.500. The summed E-state index contributed by atoms with van der Waals surface area (Å²) in [6.45, 7) is 3.62. The highest BCUT2D eigenvalue weighted by atomic mass is 35.5. The van der Waals surface area contributed by atoms with Crippen molar-refractivity contribution in [2.24, 2.45) is 5.92 Å². The second kappa shape index (κ2) is 8.05. The van der Waals surface area contributed by atoms with Crippen molar-refractivity contribution in [3.05, 3.63) is 29.3 Å². The second-order valence-electron chi connectivity index (χ2n) is 6.44. The van der Waals surface area contributed by atoms with Crippen molar-refractivity contribution in [3.63, 3.8) is 0 Å². The van der Waals surface area contributed by atoms with E-state index in [0.717, 1.165) is 0 Å². The molecule has 9 heteroatoms. The lowest BCUT2D eigenvalue weighted by Crippen LogP contribution is -2.52. The number of benzene rings is 1. The summed E-state index contributed by atoms with van der Waals surface area (Å²) in [7, 11) is -3.08. The van der Waals surface area contributed by atoms with Crippen molar-refractivity contribution in [2.75, 3.05) is 16.8 Å². The van der Waals surface area contributed by atoms with Gasteiger partial charge in [-0.2, -0.15) is 0 Å². The highest BCUT2D eigenvalue weighted by Gasteiger charge is 2.30. The molecule has 138 valence electrons. The first-order valence-electron chi connectivity index (χ1n) is 8.00. The van der Waals surface area contributed by atoms with Crippen LogP contribution in [0.4, 0.5) is 10.5 Å². The highest BCUT2D eigenvalue weighted by molar-refractivity contribution is 7.91. The van der Waals surface area contributed by atoms with E-state index in [1.165, 1.54) is 0 Å². The van der Waals surface area contributed by atoms with Gasteiger partial charge in [0.05, 0.1) is 11.5 Å². The minimum absolute atomic E-state index is 0.0680. The van der Waals surface area contributed by atoms with Crippen molar-refractivity contribution >= 4 is 39.1 Å². The normalized spacial score (nSPS) is 20.1. The Morgan fingerprint density at radius 1 is 1.28 bits per heavy atom. The van der Waals surface area contributed by atoms with E-state index in [1.54, 1.807) is 24.3 Å². The zero-order valence-corrected chi connectivity index (χ0v) is 15.7. The van der Waals surface area contributed by atoms with Gasteiger partial charge < -0.3 is 16.0 Å². The van der Waals surface area contributed by atoms with Crippen LogP contribution in [0.5, 0.6) is 0 Å². The molecule has 1 aliphatic heterocycles. The van der Waals surface area contributed by atoms with Crippen LogP contribution in [-0.4, -0.2) is 43.9 Å². The van der Waals surface area contributed by atoms with Gasteiger partial charge in [-0.1, -0.05) is 31.5 Å². The molecule has 0 saturated carbocycles. The molecule has 1 heterocycles. The molecule has 0 aliphatic carbocycles. The summed E-state index contributed by atoms with van der Waals surface area (Å²) in [4.78, 5) is 24.6. The molecule has 1 aliphatic rings. The SMILES string of the molecule is CC(C)[C@H](NC(=O)N[C@@H]1CCS(=O)(=O)C1)C(=O)Nc1cccc(Cl)c1. The molecule has 1 fully saturated rings. The van der Waals surface area contributed by atoms with Crippen LogP contribution in [0.3, 0.4) is 0 Å². The Morgan fingerprint density at radius 2 is 2.00 bits per heavy atom. The fourth-order valence-corrected chi connectivity index (χ4v) is 4.46. The van der Waals surface area contributed by atoms with E-state index in [9.17, 15) is 18.0 Å². The number of anilines is 1. The van der Waals surface area contributed by atoms with Crippen molar-refractivity contribution in [3.8, 4) is 0 Å². The Kier molecular flexibility index (Phi) is 6.29. The second-order valence-corrected chi connectivity index (χ2v) is 9.10. The first-order valence-corrected chi connectivity index (χ1v) is 10.2. The molecule has 2 rings (SSSR count). The van der Waals surface area contributed by atoms with E-state index in [1.807, 2.05) is 13.8 Å². The maximum Gasteiger partial charge on any atom is 0.315 e. The van der Waals surface area contributed by atoms with Gasteiger partial charge in [0, 0.05) is 16.8 Å². The zero-order valence-electron chi connectivity index (χ0n) is 14.1. The molecule has 0 bridgehead atoms. The monoisotopic (exact) mass is 387 g/mol. The van der Waals surface area contributed by atoms with Crippen molar-refractivity contribution in [2.45, 2.75) is 32.4 Å². The topological polar surface area (TPSA) is 104 Å². The average molecular weight is 388 g/mol. The van der Waals surface area contributed by atoms with Crippen LogP contribution in [0.2, 0.25) is 5.02 Å². The number of hydrogen-bond donors (Lipinski definition) is 3. The lowest BCUT2D eigenvalue weighted by Gasteiger charge is -2.23. The number of carbonyl (C=O) groups is 2. The summed E-state index contributed by atoms with van der Waals surface area (Å²) in [6, 6.07) is 4.97. The quantitative estimate of drug-likeness (QED) is 0.716. The van der Waals surface area contributed by atoms with E-state index >= 15 is 0 Å². The smallest absolute Gasteiger partial charge is 0.315 e. The third-order valence-electron chi connectivity index (χ3n) is 3.90. The first-order chi connectivity index (χ1) is 11.7. The molecule has 1 saturated heterocycles. The Hall–Kier alpha value is -1.80. The Labute approximate surface area is 152 Å². The number of sulfone groups is 1. The fourth-order valence-electron chi connectivity index (χ4n) is 2.60. The van der Waals surface area contributed by atoms with Gasteiger partial charge in [-0.05, 0) is 30.5 Å². The molecule has 25 heavy (non-hydrogen) atoms. The molecule has 0 aromatic heterocycles. The molecule has 0 unspecified atom stereocenters. The van der Waals surface area contributed by atoms with Crippen LogP contribution in [0.15, 0.2) is 24.3 Å². The standard InChI is InChI=1S/C16H22ClN3O4S/c1-10(2)14(15(21)18-12-5-3-4-11(17)8-12)20-16(22)19-13-6-7-25(23,24)9-13/h3-5,8,10,13-14H,6-7,9H2,1-2H3,(H,18,21)(H2,19,20,22)/t13-,14+/m1/s1. The zero-order chi connectivity index (χ0) is 18.6. The summed E-state index contributed by atoms with van der Waals surface area (Å²) in [5.74, 6) is -0.522. The van der Waals surface area contributed by atoms with Gasteiger partial charge in [0.15, 0.2) is 9.84 Å². The van der Waals surface area contributed by atoms with Gasteiger partial charge in [-0.3, -0.25) is 4.79 Å². The third kappa shape index (κ3) is 5.89. The molecule has 2 atom stereocenters. The summed E-state index contributed by atoms with van der Waals surface area (Å²) in [6.07, 6.45) is 0.386. The van der Waals surface area contributed by atoms with Crippen LogP contribution in [0.25, 0.3) is 0 Å². The van der Waals surface area contributed by atoms with Crippen LogP contribution >= 0.6 is 11.6 Å². The molecule has 7 nitrogen and oxygen atoms in total. The van der Waals surface area contributed by atoms with Crippen molar-refractivity contribution in [1.29, 1.82) is 0 Å². The van der Waals surface area contributed by atoms with E-state index in [-0.39, 0.29) is 23.3 Å². The van der Waals surface area contributed by atoms with Crippen molar-refractivity contribution in [1.82, 2.24) is 10.6 Å². The lowest BCUT2D eigenvalue weighted by molar-refractivity contribution is -0.118. The summed E-state index contributed by atoms with van der Waals surface area (Å²) < 4.78 is 22.9. The highest BCUT2D eigenvalue weighted by Crippen LogP contribution is 2.16. The van der Waals surface area contributed by atoms with Gasteiger partial charge in [0.2, 0.25) is 5.91 Å². The van der Waals surface area contributed by atoms with Crippen LogP contribution in [-0.2, 0) is 14.6 Å². The maximum absolute atomic E-state index is 12.4. The predicted molar refractivity (Wildman–Crippen MR) is 97.4 cm³/mol. The number of halogens is 1. The van der Waals surface area contributed by atoms with E-state index in [0.29, 0.717) is 17.1 Å². The number of urea groups is 1. The van der Waals surface area contributed by atoms with Crippen LogP contribution in [0, 0.1) is 5.92 Å². The molecule has 1 aromatic rings. The number of carbonyl (C=O) groups excluding carboxylic acids is 2. The predicted octanol–water partition coefficient (Wildman–Crippen LogP) is 1.79. The van der Waals surface area contributed by atoms with Gasteiger partial charge in [-0.25, -0.2) is 13.2 Å². The van der Waals surface area contributed by atoms with Gasteiger partial charge >= 0.3 is 6.03 Å². The van der Waals surface area contributed by atoms with Gasteiger partial charge in [0.1, 0.15) is 6.04 Å². The first kappa shape index (κ1) is 19.5. The largest absolute Gasteiger partial charge is 0.334 e. The molecule has 0 spiro atoms. The molecule has 3 N–H and O–H groups in total. The Bertz CT molecular complexity index is 752. The number of hydrogen-bond acceptors (Lipinski definition) is 4. The summed E-state index contributed by atoms with van der Waals surface area (Å²) >= 11 is 5.89. The number of nitrogens with one attached hydrogen (secondary N) is 3. The van der Waals surface area contributed by atoms with Gasteiger partial charge in [-0.15, -0.1) is 0 Å². The average Bonchev–Trinajstić information content (AvgIpc) is 2.83. The number of rotatable bonds is 5. The van der Waals surface area contributed by atoms with Crippen molar-refractivity contribution < 1.29 is 18.0 Å². The van der Waals surface area contributed by atoms with E-state index < -0.39 is 28.0 Å².